The van der Waals surface area contributed by atoms with Gasteiger partial charge in [0.05, 0.1) is 79.2 Å². The molecule has 10 aromatic rings. The van der Waals surface area contributed by atoms with Crippen LogP contribution < -0.4 is 37.5 Å². The SMILES string of the molecule is CCCN(CC(=O)N(CCC)CC(=O)N(CCC)CC(=O)N(CCC)CC(=O)N(CCC)CC(=O)N(CCCn1cc(CN2CCN(c3cc(Nc4cc(Nc5ccc6ccccc6n5)ccn4)nc(C)n3)CC2)nn1)CC(N)=O)C(=O)CCCOc1cc(-c2nc3cc(N)ccc3[nH]2)cc(-c2nc3ccc(N)cc3[nH]2)c1. The molecule has 32 nitrogen and oxygen atoms in total. The van der Waals surface area contributed by atoms with Crippen LogP contribution in [0.3, 0.4) is 0 Å². The van der Waals surface area contributed by atoms with E-state index in [4.69, 9.17) is 41.9 Å². The molecule has 4 aromatic carbocycles. The number of nitrogen functional groups attached to an aromatic ring is 2. The highest BCUT2D eigenvalue weighted by Crippen LogP contribution is 2.33. The summed E-state index contributed by atoms with van der Waals surface area (Å²) in [5, 5.41) is 16.6. The van der Waals surface area contributed by atoms with Crippen molar-refractivity contribution in [3.63, 3.8) is 0 Å². The zero-order valence-corrected chi connectivity index (χ0v) is 64.7. The van der Waals surface area contributed by atoms with Crippen molar-refractivity contribution in [3.8, 4) is 28.5 Å². The Hall–Kier alpha value is -12.4. The Morgan fingerprint density at radius 1 is 0.518 bits per heavy atom. The van der Waals surface area contributed by atoms with Crippen molar-refractivity contribution in [2.24, 2.45) is 5.73 Å². The van der Waals surface area contributed by atoms with E-state index in [2.05, 4.69) is 50.7 Å². The van der Waals surface area contributed by atoms with E-state index in [1.165, 1.54) is 29.4 Å². The van der Waals surface area contributed by atoms with Gasteiger partial charge in [0.2, 0.25) is 41.4 Å². The number of amides is 7. The van der Waals surface area contributed by atoms with Crippen LogP contribution in [0.5, 0.6) is 5.75 Å². The maximum absolute atomic E-state index is 14.3. The number of hydrogen-bond acceptors (Lipinski definition) is 22. The predicted octanol–water partition coefficient (Wildman–Crippen LogP) is 8.14. The van der Waals surface area contributed by atoms with Gasteiger partial charge in [0.15, 0.2) is 0 Å². The number of H-pyrrole nitrogens is 2. The van der Waals surface area contributed by atoms with Gasteiger partial charge in [0, 0.05) is 143 Å². The molecule has 1 aliphatic heterocycles. The lowest BCUT2D eigenvalue weighted by Crippen LogP contribution is -2.52. The largest absolute Gasteiger partial charge is 0.494 e. The van der Waals surface area contributed by atoms with E-state index in [1.54, 1.807) is 29.1 Å². The van der Waals surface area contributed by atoms with E-state index in [9.17, 15) is 33.6 Å². The van der Waals surface area contributed by atoms with Crippen LogP contribution >= 0.6 is 0 Å². The summed E-state index contributed by atoms with van der Waals surface area (Å²) in [7, 11) is 0. The molecule has 1 saturated heterocycles. The highest BCUT2D eigenvalue weighted by atomic mass is 16.5. The lowest BCUT2D eigenvalue weighted by molar-refractivity contribution is -0.148. The normalized spacial score (nSPS) is 12.3. The fraction of sp³-hybridized carbons (Fsp3) is 0.412. The Morgan fingerprint density at radius 3 is 1.72 bits per heavy atom. The van der Waals surface area contributed by atoms with E-state index >= 15 is 0 Å². The number of benzene rings is 4. The molecule has 0 radical (unpaired) electrons. The third kappa shape index (κ3) is 22.2. The summed E-state index contributed by atoms with van der Waals surface area (Å²) >= 11 is 0. The fourth-order valence-electron chi connectivity index (χ4n) is 13.5. The molecule has 11 rings (SSSR count). The van der Waals surface area contributed by atoms with Crippen molar-refractivity contribution < 1.29 is 38.3 Å². The molecular formula is C80H102N24O8. The molecule has 32 heteroatoms. The van der Waals surface area contributed by atoms with Gasteiger partial charge < -0.3 is 76.8 Å². The highest BCUT2D eigenvalue weighted by Gasteiger charge is 2.30. The second-order valence-electron chi connectivity index (χ2n) is 28.1. The molecular weight excluding hydrogens is 1430 g/mol. The molecule has 10 N–H and O–H groups in total. The summed E-state index contributed by atoms with van der Waals surface area (Å²) in [6.07, 6.45) is 7.00. The van der Waals surface area contributed by atoms with Crippen LogP contribution in [0, 0.1) is 6.92 Å². The van der Waals surface area contributed by atoms with Gasteiger partial charge in [-0.15, -0.1) is 5.10 Å². The zero-order chi connectivity index (χ0) is 79.2. The highest BCUT2D eigenvalue weighted by molar-refractivity contribution is 5.93. The lowest BCUT2D eigenvalue weighted by atomic mass is 10.1. The van der Waals surface area contributed by atoms with Crippen molar-refractivity contribution in [1.82, 2.24) is 89.2 Å². The molecule has 0 aliphatic carbocycles. The summed E-state index contributed by atoms with van der Waals surface area (Å²) in [5.74, 6) is 1.80. The lowest BCUT2D eigenvalue weighted by Gasteiger charge is -2.35. The third-order valence-electron chi connectivity index (χ3n) is 19.0. The first kappa shape index (κ1) is 80.7. The number of hydrogen-bond donors (Lipinski definition) is 7. The van der Waals surface area contributed by atoms with Gasteiger partial charge in [-0.3, -0.25) is 43.1 Å². The van der Waals surface area contributed by atoms with Crippen molar-refractivity contribution in [3.05, 3.63) is 133 Å². The number of aromatic nitrogens is 11. The average molecular weight is 1530 g/mol. The number of nitrogens with zero attached hydrogens (tertiary/aromatic N) is 17. The van der Waals surface area contributed by atoms with Crippen molar-refractivity contribution >= 4 is 115 Å². The van der Waals surface area contributed by atoms with Gasteiger partial charge in [0.1, 0.15) is 46.5 Å². The standard InChI is InChI=1S/C80H102N24O8/c1-7-27-98(73(106)18-14-38-112-62-40-56(79-89-64-22-20-58(81)42-66(64)91-79)39-57(41-62)80-90-65-23-21-59(82)43-67(65)92-80)49-74(107)99(28-8-2)50-75(108)100(29-9-3)51-76(109)101(30-10-4)52-77(110)102(31-11-5)53-78(111)103(48-68(83)105)32-15-33-104-47-61(94-95-104)46-96-34-36-97(37-35-96)72-45-71(85-54(6)86-72)93-70-44-60(25-26-84-70)87-69-24-19-55-16-12-13-17-63(55)88-69/h12-13,16-17,19-26,39-45,47H,7-11,14-15,18,27-38,46,48-53,81-82H2,1-6H3,(H2,83,105)(H,89,91)(H,90,92)(H2,84,85,86,87,88,93). The summed E-state index contributed by atoms with van der Waals surface area (Å²) < 4.78 is 8.04. The van der Waals surface area contributed by atoms with E-state index in [1.807, 2.05) is 139 Å². The number of aryl methyl sites for hydroxylation is 2. The number of pyridine rings is 2. The van der Waals surface area contributed by atoms with Crippen molar-refractivity contribution in [2.75, 3.05) is 138 Å². The number of nitrogens with two attached hydrogens (primary N) is 3. The van der Waals surface area contributed by atoms with Gasteiger partial charge >= 0.3 is 0 Å². The Kier molecular flexibility index (Phi) is 28.0. The van der Waals surface area contributed by atoms with Crippen molar-refractivity contribution in [2.45, 2.75) is 106 Å². The van der Waals surface area contributed by atoms with Gasteiger partial charge in [0.25, 0.3) is 0 Å². The van der Waals surface area contributed by atoms with Crippen molar-refractivity contribution in [1.29, 1.82) is 0 Å². The maximum atomic E-state index is 14.3. The monoisotopic (exact) mass is 1530 g/mol. The number of rotatable bonds is 40. The van der Waals surface area contributed by atoms with Crippen LogP contribution in [-0.2, 0) is 46.7 Å². The molecule has 7 heterocycles. The second kappa shape index (κ2) is 38.8. The minimum atomic E-state index is -0.717. The summed E-state index contributed by atoms with van der Waals surface area (Å²) in [5.41, 5.74) is 26.0. The number of aromatic amines is 2. The summed E-state index contributed by atoms with van der Waals surface area (Å²) in [6, 6.07) is 34.3. The number of ether oxygens (including phenoxy) is 1. The Bertz CT molecular complexity index is 4820. The molecule has 1 fully saturated rings. The number of anilines is 7. The molecule has 112 heavy (non-hydrogen) atoms. The zero-order valence-electron chi connectivity index (χ0n) is 64.7. The Morgan fingerprint density at radius 2 is 1.10 bits per heavy atom. The van der Waals surface area contributed by atoms with E-state index in [-0.39, 0.29) is 90.9 Å². The molecule has 590 valence electrons. The molecule has 0 bridgehead atoms. The predicted molar refractivity (Wildman–Crippen MR) is 432 cm³/mol. The van der Waals surface area contributed by atoms with Gasteiger partial charge in [-0.25, -0.2) is 29.9 Å². The third-order valence-corrected chi connectivity index (χ3v) is 19.0. The van der Waals surface area contributed by atoms with Gasteiger partial charge in [-0.1, -0.05) is 58.0 Å². The van der Waals surface area contributed by atoms with E-state index in [0.717, 1.165) is 87.8 Å². The first-order valence-electron chi connectivity index (χ1n) is 38.5. The van der Waals surface area contributed by atoms with Gasteiger partial charge in [-0.2, -0.15) is 0 Å². The molecule has 0 unspecified atom stereocenters. The molecule has 0 atom stereocenters. The number of carbonyl (C=O) groups is 7. The molecule has 7 amide bonds. The number of para-hydroxylation sites is 1. The molecule has 6 aromatic heterocycles. The fourth-order valence-corrected chi connectivity index (χ4v) is 13.5. The minimum absolute atomic E-state index is 0.0822. The van der Waals surface area contributed by atoms with Crippen LogP contribution in [0.2, 0.25) is 0 Å². The molecule has 0 spiro atoms. The molecule has 1 aliphatic rings. The smallest absolute Gasteiger partial charge is 0.242 e. The minimum Gasteiger partial charge on any atom is -0.494 e. The Balaban J connectivity index is 0.629. The number of nitrogens with one attached hydrogen (secondary N) is 4. The van der Waals surface area contributed by atoms with Crippen LogP contribution in [0.4, 0.5) is 40.3 Å². The molecule has 0 saturated carbocycles. The topological polar surface area (TPSA) is 396 Å². The quantitative estimate of drug-likeness (QED) is 0.0141. The first-order chi connectivity index (χ1) is 54.2. The number of imidazole rings is 2. The van der Waals surface area contributed by atoms with E-state index in [0.29, 0.717) is 116 Å². The van der Waals surface area contributed by atoms with E-state index < -0.39 is 35.4 Å². The first-order valence-corrected chi connectivity index (χ1v) is 38.5. The summed E-state index contributed by atoms with van der Waals surface area (Å²) in [4.78, 5) is 146. The summed E-state index contributed by atoms with van der Waals surface area (Å²) in [6.45, 7) is 14.5. The number of carbonyl (C=O) groups excluding carboxylic acids is 7. The maximum Gasteiger partial charge on any atom is 0.242 e. The number of fused-ring (bicyclic) bond motifs is 3. The van der Waals surface area contributed by atoms with Crippen LogP contribution in [0.1, 0.15) is 97.5 Å². The van der Waals surface area contributed by atoms with Crippen LogP contribution in [0.25, 0.3) is 55.7 Å². The van der Waals surface area contributed by atoms with Crippen LogP contribution in [-0.4, -0.2) is 242 Å². The Labute approximate surface area is 650 Å². The average Bonchev–Trinajstić information content (AvgIpc) is 1.63. The van der Waals surface area contributed by atoms with Crippen LogP contribution in [0.15, 0.2) is 122 Å². The van der Waals surface area contributed by atoms with Gasteiger partial charge in [-0.05, 0) is 131 Å². The second-order valence-corrected chi connectivity index (χ2v) is 28.1. The number of primary amides is 1. The number of piperazine rings is 1.